The Morgan fingerprint density at radius 1 is 1.10 bits per heavy atom. The maximum Gasteiger partial charge on any atom is 0.148 e. The summed E-state index contributed by atoms with van der Waals surface area (Å²) in [5, 5.41) is 19.3. The second-order valence-corrected chi connectivity index (χ2v) is 7.27. The van der Waals surface area contributed by atoms with Gasteiger partial charge in [-0.15, -0.1) is 0 Å². The average Bonchev–Trinajstić information content (AvgIpc) is 3.17. The first-order valence-corrected chi connectivity index (χ1v) is 9.45. The van der Waals surface area contributed by atoms with Gasteiger partial charge in [0, 0.05) is 18.8 Å². The third-order valence-corrected chi connectivity index (χ3v) is 4.93. The molecule has 0 saturated heterocycles. The lowest BCUT2D eigenvalue weighted by Crippen LogP contribution is -2.26. The number of aliphatic hydroxyl groups is 1. The van der Waals surface area contributed by atoms with Crippen LogP contribution >= 0.6 is 0 Å². The van der Waals surface area contributed by atoms with Gasteiger partial charge < -0.3 is 24.0 Å². The molecular weight excluding hydrogens is 368 g/mol. The molecule has 0 saturated carbocycles. The first-order chi connectivity index (χ1) is 13.9. The van der Waals surface area contributed by atoms with Gasteiger partial charge in [0.1, 0.15) is 28.9 Å². The van der Waals surface area contributed by atoms with Crippen LogP contribution in [0.4, 0.5) is 5.69 Å². The van der Waals surface area contributed by atoms with Crippen LogP contribution in [-0.2, 0) is 7.05 Å². The Bertz CT molecular complexity index is 1110. The lowest BCUT2D eigenvalue weighted by Gasteiger charge is -2.19. The minimum atomic E-state index is 0.0967. The Balaban J connectivity index is 1.66. The number of hydrogen-bond acceptors (Lipinski definition) is 5. The van der Waals surface area contributed by atoms with E-state index in [-0.39, 0.29) is 24.2 Å². The highest BCUT2D eigenvalue weighted by Gasteiger charge is 2.32. The van der Waals surface area contributed by atoms with Gasteiger partial charge in [-0.25, -0.2) is 4.98 Å². The average molecular weight is 392 g/mol. The number of rotatable bonds is 5. The summed E-state index contributed by atoms with van der Waals surface area (Å²) in [5.41, 5.74) is 2.91. The summed E-state index contributed by atoms with van der Waals surface area (Å²) in [4.78, 5) is 6.41. The summed E-state index contributed by atoms with van der Waals surface area (Å²) >= 11 is 0. The number of fused-ring (bicyclic) bond motifs is 1. The van der Waals surface area contributed by atoms with Crippen molar-refractivity contribution in [1.29, 1.82) is 5.41 Å². The van der Waals surface area contributed by atoms with E-state index < -0.39 is 0 Å². The summed E-state index contributed by atoms with van der Waals surface area (Å²) in [7, 11) is 3.49. The lowest BCUT2D eigenvalue weighted by molar-refractivity contribution is 0.242. The fourth-order valence-corrected chi connectivity index (χ4v) is 3.54. The number of hydrogen-bond donors (Lipinski definition) is 2. The third-order valence-electron chi connectivity index (χ3n) is 4.93. The maximum atomic E-state index is 10.7. The number of ether oxygens (including phenoxy) is 2. The van der Waals surface area contributed by atoms with E-state index in [1.54, 1.807) is 12.0 Å². The van der Waals surface area contributed by atoms with Gasteiger partial charge in [-0.2, -0.15) is 0 Å². The van der Waals surface area contributed by atoms with E-state index in [2.05, 4.69) is 4.98 Å². The maximum absolute atomic E-state index is 10.7. The molecule has 2 heterocycles. The van der Waals surface area contributed by atoms with E-state index in [0.29, 0.717) is 17.1 Å². The van der Waals surface area contributed by atoms with Gasteiger partial charge in [0.2, 0.25) is 0 Å². The van der Waals surface area contributed by atoms with Gasteiger partial charge in [0.25, 0.3) is 0 Å². The summed E-state index contributed by atoms with van der Waals surface area (Å²) in [6.07, 6.45) is 0.0967. The van der Waals surface area contributed by atoms with Crippen LogP contribution in [0.2, 0.25) is 0 Å². The molecule has 3 aromatic rings. The molecule has 4 rings (SSSR count). The van der Waals surface area contributed by atoms with E-state index >= 15 is 0 Å². The van der Waals surface area contributed by atoms with Crippen LogP contribution in [0.1, 0.15) is 19.7 Å². The van der Waals surface area contributed by atoms with Crippen LogP contribution in [0.15, 0.2) is 48.2 Å². The zero-order valence-electron chi connectivity index (χ0n) is 16.9. The predicted molar refractivity (Wildman–Crippen MR) is 114 cm³/mol. The number of anilines is 1. The summed E-state index contributed by atoms with van der Waals surface area (Å²) in [6, 6.07) is 13.2. The van der Waals surface area contributed by atoms with Crippen LogP contribution in [0.25, 0.3) is 16.6 Å². The fraction of sp³-hybridized carbons (Fsp3) is 0.273. The first kappa shape index (κ1) is 18.9. The van der Waals surface area contributed by atoms with Gasteiger partial charge in [0.05, 0.1) is 36.4 Å². The standard InChI is InChI=1S/C22H24N4O3/c1-13(2)29-15-7-5-14(6-8-15)26-12-19(27)20(21(26)23)22-24-17-11-16(28-4)9-10-18(17)25(22)3/h5-11,13,23,27H,12H2,1-4H3. The Morgan fingerprint density at radius 2 is 1.79 bits per heavy atom. The third kappa shape index (κ3) is 3.29. The van der Waals surface area contributed by atoms with Gasteiger partial charge in [-0.1, -0.05) is 0 Å². The van der Waals surface area contributed by atoms with E-state index in [0.717, 1.165) is 22.5 Å². The quantitative estimate of drug-likeness (QED) is 0.682. The first-order valence-electron chi connectivity index (χ1n) is 9.45. The smallest absolute Gasteiger partial charge is 0.148 e. The van der Waals surface area contributed by atoms with Crippen molar-refractivity contribution in [3.05, 3.63) is 54.0 Å². The molecular formula is C22H24N4O3. The number of amidine groups is 1. The molecule has 1 aliphatic rings. The zero-order valence-corrected chi connectivity index (χ0v) is 16.9. The van der Waals surface area contributed by atoms with Gasteiger partial charge >= 0.3 is 0 Å². The van der Waals surface area contributed by atoms with Crippen LogP contribution in [0.3, 0.4) is 0 Å². The van der Waals surface area contributed by atoms with Crippen molar-refractivity contribution in [1.82, 2.24) is 9.55 Å². The van der Waals surface area contributed by atoms with Crippen molar-refractivity contribution in [2.45, 2.75) is 20.0 Å². The Morgan fingerprint density at radius 3 is 2.45 bits per heavy atom. The van der Waals surface area contributed by atoms with E-state index in [1.165, 1.54) is 0 Å². The SMILES string of the molecule is COc1ccc2c(c1)nc(C1=C(O)CN(c3ccc(OC(C)C)cc3)C1=N)n2C. The summed E-state index contributed by atoms with van der Waals surface area (Å²) in [5.74, 6) is 2.38. The molecule has 0 unspecified atom stereocenters. The van der Waals surface area contributed by atoms with Crippen LogP contribution in [0, 0.1) is 5.41 Å². The van der Waals surface area contributed by atoms with Gasteiger partial charge in [-0.3, -0.25) is 5.41 Å². The molecule has 29 heavy (non-hydrogen) atoms. The number of aromatic nitrogens is 2. The van der Waals surface area contributed by atoms with Crippen molar-refractivity contribution in [2.24, 2.45) is 7.05 Å². The second kappa shape index (κ2) is 7.16. The topological polar surface area (TPSA) is 83.6 Å². The number of nitrogens with one attached hydrogen (secondary N) is 1. The molecule has 0 radical (unpaired) electrons. The van der Waals surface area contributed by atoms with Crippen molar-refractivity contribution in [3.8, 4) is 11.5 Å². The normalized spacial score (nSPS) is 14.4. The van der Waals surface area contributed by atoms with Crippen LogP contribution in [0.5, 0.6) is 11.5 Å². The summed E-state index contributed by atoms with van der Waals surface area (Å²) in [6.45, 7) is 4.18. The molecule has 1 aliphatic heterocycles. The molecule has 0 amide bonds. The highest BCUT2D eigenvalue weighted by atomic mass is 16.5. The predicted octanol–water partition coefficient (Wildman–Crippen LogP) is 4.14. The van der Waals surface area contributed by atoms with Gasteiger partial charge in [-0.05, 0) is 50.2 Å². The molecule has 1 aromatic heterocycles. The number of nitrogens with zero attached hydrogens (tertiary/aromatic N) is 3. The minimum absolute atomic E-state index is 0.0967. The van der Waals surface area contributed by atoms with Gasteiger partial charge in [0.15, 0.2) is 0 Å². The molecule has 0 aliphatic carbocycles. The van der Waals surface area contributed by atoms with Crippen molar-refractivity contribution < 1.29 is 14.6 Å². The van der Waals surface area contributed by atoms with E-state index in [9.17, 15) is 5.11 Å². The van der Waals surface area contributed by atoms with Crippen molar-refractivity contribution >= 4 is 28.1 Å². The highest BCUT2D eigenvalue weighted by Crippen LogP contribution is 2.33. The molecule has 150 valence electrons. The molecule has 0 spiro atoms. The number of benzene rings is 2. The molecule has 0 fully saturated rings. The Kier molecular flexibility index (Phi) is 4.66. The Hall–Kier alpha value is -3.48. The minimum Gasteiger partial charge on any atom is -0.509 e. The van der Waals surface area contributed by atoms with Crippen molar-refractivity contribution in [3.63, 3.8) is 0 Å². The van der Waals surface area contributed by atoms with Crippen molar-refractivity contribution in [2.75, 3.05) is 18.6 Å². The van der Waals surface area contributed by atoms with Crippen LogP contribution in [-0.4, -0.2) is 40.3 Å². The molecule has 7 nitrogen and oxygen atoms in total. The number of imidazole rings is 1. The van der Waals surface area contributed by atoms with E-state index in [4.69, 9.17) is 14.9 Å². The van der Waals surface area contributed by atoms with E-state index in [1.807, 2.05) is 67.9 Å². The Labute approximate surface area is 169 Å². The monoisotopic (exact) mass is 392 g/mol. The zero-order chi connectivity index (χ0) is 20.7. The molecule has 7 heteroatoms. The molecule has 0 atom stereocenters. The number of aryl methyl sites for hydroxylation is 1. The largest absolute Gasteiger partial charge is 0.509 e. The summed E-state index contributed by atoms with van der Waals surface area (Å²) < 4.78 is 12.8. The molecule has 2 aromatic carbocycles. The lowest BCUT2D eigenvalue weighted by atomic mass is 10.2. The second-order valence-electron chi connectivity index (χ2n) is 7.27. The fourth-order valence-electron chi connectivity index (χ4n) is 3.54. The number of methoxy groups -OCH3 is 1. The molecule has 0 bridgehead atoms. The van der Waals surface area contributed by atoms with Crippen LogP contribution < -0.4 is 14.4 Å². The highest BCUT2D eigenvalue weighted by molar-refractivity contribution is 6.30. The molecule has 2 N–H and O–H groups in total. The number of aliphatic hydroxyl groups excluding tert-OH is 1.